The molecule has 0 unspecified atom stereocenters. The molecule has 1 fully saturated rings. The molecule has 0 bridgehead atoms. The third kappa shape index (κ3) is 5.85. The van der Waals surface area contributed by atoms with Crippen molar-refractivity contribution in [2.24, 2.45) is 0 Å². The molecule has 1 heterocycles. The molecule has 0 aromatic heterocycles. The van der Waals surface area contributed by atoms with Crippen molar-refractivity contribution in [1.29, 1.82) is 0 Å². The van der Waals surface area contributed by atoms with E-state index in [4.69, 9.17) is 0 Å². The van der Waals surface area contributed by atoms with Crippen molar-refractivity contribution in [3.8, 4) is 0 Å². The smallest absolute Gasteiger partial charge is 0.234 e. The van der Waals surface area contributed by atoms with Crippen LogP contribution in [0.2, 0.25) is 0 Å². The molecule has 5 heteroatoms. The van der Waals surface area contributed by atoms with Gasteiger partial charge in [-0.05, 0) is 50.2 Å². The molecule has 1 aliphatic rings. The Balaban J connectivity index is 1.58. The molecule has 1 saturated heterocycles. The summed E-state index contributed by atoms with van der Waals surface area (Å²) in [4.78, 5) is 15.3. The molecule has 2 rings (SSSR count). The molecule has 1 aromatic carbocycles. The van der Waals surface area contributed by atoms with Crippen LogP contribution in [0.3, 0.4) is 0 Å². The van der Waals surface area contributed by atoms with Gasteiger partial charge < -0.3 is 5.32 Å². The highest BCUT2D eigenvalue weighted by atomic mass is 79.9. The van der Waals surface area contributed by atoms with Gasteiger partial charge in [-0.25, -0.2) is 0 Å². The summed E-state index contributed by atoms with van der Waals surface area (Å²) < 4.78 is 1.09. The number of amides is 1. The van der Waals surface area contributed by atoms with Crippen LogP contribution in [0.5, 0.6) is 0 Å². The number of carbonyl (C=O) groups is 1. The van der Waals surface area contributed by atoms with Crippen LogP contribution in [-0.4, -0.2) is 42.7 Å². The molecule has 1 amide bonds. The zero-order valence-corrected chi connectivity index (χ0v) is 14.0. The summed E-state index contributed by atoms with van der Waals surface area (Å²) in [6, 6.07) is 8.25. The number of likely N-dealkylation sites (tertiary alicyclic amines) is 1. The Kier molecular flexibility index (Phi) is 6.90. The third-order valence-corrected chi connectivity index (χ3v) is 4.86. The van der Waals surface area contributed by atoms with Crippen LogP contribution in [0.1, 0.15) is 19.3 Å². The lowest BCUT2D eigenvalue weighted by atomic mass is 10.1. The lowest BCUT2D eigenvalue weighted by Gasteiger charge is -2.25. The predicted octanol–water partition coefficient (Wildman–Crippen LogP) is 3.14. The van der Waals surface area contributed by atoms with Crippen molar-refractivity contribution < 1.29 is 4.79 Å². The highest BCUT2D eigenvalue weighted by molar-refractivity contribution is 9.10. The second kappa shape index (κ2) is 8.70. The normalized spacial score (nSPS) is 16.1. The van der Waals surface area contributed by atoms with Crippen molar-refractivity contribution in [2.45, 2.75) is 24.2 Å². The predicted molar refractivity (Wildman–Crippen MR) is 88.2 cm³/mol. The van der Waals surface area contributed by atoms with Crippen LogP contribution in [0.25, 0.3) is 0 Å². The maximum atomic E-state index is 11.8. The van der Waals surface area contributed by atoms with E-state index in [-0.39, 0.29) is 5.91 Å². The molecular formula is C15H21BrN2OS. The van der Waals surface area contributed by atoms with Crippen LogP contribution in [-0.2, 0) is 4.79 Å². The Morgan fingerprint density at radius 3 is 2.60 bits per heavy atom. The Labute approximate surface area is 133 Å². The quantitative estimate of drug-likeness (QED) is 0.627. The largest absolute Gasteiger partial charge is 0.354 e. The molecule has 0 saturated carbocycles. The first-order valence-corrected chi connectivity index (χ1v) is 8.89. The van der Waals surface area contributed by atoms with Gasteiger partial charge in [-0.3, -0.25) is 9.69 Å². The Morgan fingerprint density at radius 2 is 1.90 bits per heavy atom. The number of benzene rings is 1. The number of carbonyl (C=O) groups excluding carboxylic acids is 1. The summed E-state index contributed by atoms with van der Waals surface area (Å²) in [6.07, 6.45) is 3.77. The van der Waals surface area contributed by atoms with E-state index in [1.54, 1.807) is 11.8 Å². The lowest BCUT2D eigenvalue weighted by Crippen LogP contribution is -2.40. The number of hydrogen-bond donors (Lipinski definition) is 1. The minimum absolute atomic E-state index is 0.156. The number of rotatable bonds is 6. The molecule has 1 aliphatic heterocycles. The van der Waals surface area contributed by atoms with Gasteiger partial charge in [0.2, 0.25) is 5.91 Å². The van der Waals surface area contributed by atoms with E-state index in [1.165, 1.54) is 24.2 Å². The number of nitrogens with zero attached hydrogens (tertiary/aromatic N) is 1. The van der Waals surface area contributed by atoms with Gasteiger partial charge in [0.15, 0.2) is 0 Å². The van der Waals surface area contributed by atoms with Crippen LogP contribution >= 0.6 is 27.7 Å². The van der Waals surface area contributed by atoms with Crippen LogP contribution in [0, 0.1) is 0 Å². The Bertz CT molecular complexity index is 418. The van der Waals surface area contributed by atoms with Crippen LogP contribution < -0.4 is 5.32 Å². The van der Waals surface area contributed by atoms with E-state index in [0.717, 1.165) is 29.9 Å². The van der Waals surface area contributed by atoms with Crippen LogP contribution in [0.4, 0.5) is 0 Å². The monoisotopic (exact) mass is 356 g/mol. The number of nitrogens with one attached hydrogen (secondary N) is 1. The van der Waals surface area contributed by atoms with Gasteiger partial charge in [-0.2, -0.15) is 0 Å². The first kappa shape index (κ1) is 15.9. The van der Waals surface area contributed by atoms with E-state index >= 15 is 0 Å². The number of thioether (sulfide) groups is 1. The molecule has 0 aliphatic carbocycles. The third-order valence-electron chi connectivity index (χ3n) is 3.32. The van der Waals surface area contributed by atoms with E-state index < -0.39 is 0 Å². The van der Waals surface area contributed by atoms with E-state index in [2.05, 4.69) is 38.3 Å². The van der Waals surface area contributed by atoms with Gasteiger partial charge >= 0.3 is 0 Å². The van der Waals surface area contributed by atoms with Gasteiger partial charge in [-0.15, -0.1) is 11.8 Å². The Morgan fingerprint density at radius 1 is 1.20 bits per heavy atom. The van der Waals surface area contributed by atoms with E-state index in [9.17, 15) is 4.79 Å². The molecule has 1 aromatic rings. The standard InChI is InChI=1S/C15H21BrN2OS/c16-13-4-6-14(7-5-13)20-11-8-17-15(19)12-18-9-2-1-3-10-18/h4-7H,1-3,8-12H2,(H,17,19). The van der Waals surface area contributed by atoms with Crippen molar-refractivity contribution in [1.82, 2.24) is 10.2 Å². The summed E-state index contributed by atoms with van der Waals surface area (Å²) in [5, 5.41) is 3.00. The van der Waals surface area contributed by atoms with Gasteiger partial charge in [0.05, 0.1) is 6.54 Å². The first-order valence-electron chi connectivity index (χ1n) is 7.11. The summed E-state index contributed by atoms with van der Waals surface area (Å²) in [6.45, 7) is 3.43. The molecule has 3 nitrogen and oxygen atoms in total. The van der Waals surface area contributed by atoms with Gasteiger partial charge in [0.25, 0.3) is 0 Å². The highest BCUT2D eigenvalue weighted by Gasteiger charge is 2.13. The fraction of sp³-hybridized carbons (Fsp3) is 0.533. The number of hydrogen-bond acceptors (Lipinski definition) is 3. The zero-order valence-electron chi connectivity index (χ0n) is 11.6. The second-order valence-corrected chi connectivity index (χ2v) is 7.07. The minimum atomic E-state index is 0.156. The molecule has 0 atom stereocenters. The SMILES string of the molecule is O=C(CN1CCCCC1)NCCSc1ccc(Br)cc1. The molecule has 20 heavy (non-hydrogen) atoms. The topological polar surface area (TPSA) is 32.3 Å². The fourth-order valence-corrected chi connectivity index (χ4v) is 3.30. The summed E-state index contributed by atoms with van der Waals surface area (Å²) >= 11 is 5.19. The van der Waals surface area contributed by atoms with Gasteiger partial charge in [0.1, 0.15) is 0 Å². The average Bonchev–Trinajstić information content (AvgIpc) is 2.46. The summed E-state index contributed by atoms with van der Waals surface area (Å²) in [5.74, 6) is 1.07. The van der Waals surface area contributed by atoms with Crippen molar-refractivity contribution in [2.75, 3.05) is 31.9 Å². The molecule has 0 spiro atoms. The molecule has 110 valence electrons. The average molecular weight is 357 g/mol. The maximum Gasteiger partial charge on any atom is 0.234 e. The van der Waals surface area contributed by atoms with Crippen LogP contribution in [0.15, 0.2) is 33.6 Å². The van der Waals surface area contributed by atoms with Crippen molar-refractivity contribution in [3.05, 3.63) is 28.7 Å². The van der Waals surface area contributed by atoms with Crippen molar-refractivity contribution >= 4 is 33.6 Å². The Hall–Kier alpha value is -0.520. The fourth-order valence-electron chi connectivity index (χ4n) is 2.27. The molecule has 0 radical (unpaired) electrons. The minimum Gasteiger partial charge on any atom is -0.354 e. The second-order valence-electron chi connectivity index (χ2n) is 4.99. The van der Waals surface area contributed by atoms with Gasteiger partial charge in [0, 0.05) is 21.7 Å². The molecule has 1 N–H and O–H groups in total. The van der Waals surface area contributed by atoms with E-state index in [0.29, 0.717) is 6.54 Å². The van der Waals surface area contributed by atoms with E-state index in [1.807, 2.05) is 12.1 Å². The lowest BCUT2D eigenvalue weighted by molar-refractivity contribution is -0.122. The zero-order chi connectivity index (χ0) is 14.2. The maximum absolute atomic E-state index is 11.8. The number of halogens is 1. The summed E-state index contributed by atoms with van der Waals surface area (Å²) in [7, 11) is 0. The first-order chi connectivity index (χ1) is 9.74. The number of piperidine rings is 1. The highest BCUT2D eigenvalue weighted by Crippen LogP contribution is 2.19. The molecular weight excluding hydrogens is 336 g/mol. The van der Waals surface area contributed by atoms with Gasteiger partial charge in [-0.1, -0.05) is 22.4 Å². The van der Waals surface area contributed by atoms with Crippen molar-refractivity contribution in [3.63, 3.8) is 0 Å². The summed E-state index contributed by atoms with van der Waals surface area (Å²) in [5.41, 5.74) is 0.